The summed E-state index contributed by atoms with van der Waals surface area (Å²) in [6.45, 7) is 7.40. The number of likely N-dealkylation sites (tertiary alicyclic amines) is 1. The van der Waals surface area contributed by atoms with Crippen molar-refractivity contribution < 1.29 is 9.47 Å². The van der Waals surface area contributed by atoms with Gasteiger partial charge in [0, 0.05) is 29.2 Å². The van der Waals surface area contributed by atoms with Gasteiger partial charge in [0.1, 0.15) is 0 Å². The lowest BCUT2D eigenvalue weighted by molar-refractivity contribution is -0.133. The van der Waals surface area contributed by atoms with E-state index in [9.17, 15) is 4.53 Å². The number of nitrogens with zero attached hydrogens (tertiary/aromatic N) is 1. The Morgan fingerprint density at radius 3 is 2.88 bits per heavy atom. The Morgan fingerprint density at radius 2 is 2.16 bits per heavy atom. The molecule has 0 bridgehead atoms. The van der Waals surface area contributed by atoms with Crippen LogP contribution in [-0.4, -0.2) is 29.6 Å². The number of aromatic amines is 1. The van der Waals surface area contributed by atoms with E-state index in [0.717, 1.165) is 38.0 Å². The van der Waals surface area contributed by atoms with Gasteiger partial charge in [-0.25, -0.2) is 0 Å². The molecule has 4 heteroatoms. The van der Waals surface area contributed by atoms with Gasteiger partial charge in [-0.05, 0) is 86.3 Å². The van der Waals surface area contributed by atoms with Crippen LogP contribution >= 0.6 is 0 Å². The fraction of sp³-hybridized carbons (Fsp3) is 0.524. The molecule has 0 radical (unpaired) electrons. The summed E-state index contributed by atoms with van der Waals surface area (Å²) in [5.41, 5.74) is 4.95. The third-order valence-electron chi connectivity index (χ3n) is 5.33. The SMILES string of the molecule is CC#Cc1cc(C)c2[nH]ccc2c1CN1CCC(CCCOF)CC1. The molecule has 0 aliphatic carbocycles. The van der Waals surface area contributed by atoms with Crippen LogP contribution in [0.15, 0.2) is 18.3 Å². The molecular weight excluding hydrogens is 315 g/mol. The third-order valence-corrected chi connectivity index (χ3v) is 5.33. The monoisotopic (exact) mass is 342 g/mol. The largest absolute Gasteiger partial charge is 0.361 e. The standard InChI is InChI=1S/C21H27FN2O/c1-3-5-18-14-16(2)21-19(7-10-23-21)20(18)15-24-11-8-17(9-12-24)6-4-13-25-22/h7,10,14,17,23H,4,6,8-9,11-13,15H2,1-2H3. The van der Waals surface area contributed by atoms with Crippen LogP contribution in [0.1, 0.15) is 49.3 Å². The number of halogens is 1. The Hall–Kier alpha value is -1.83. The molecule has 1 aromatic carbocycles. The number of hydrogen-bond acceptors (Lipinski definition) is 2. The molecule has 3 rings (SSSR count). The molecule has 1 saturated heterocycles. The van der Waals surface area contributed by atoms with Crippen LogP contribution in [0.2, 0.25) is 0 Å². The minimum absolute atomic E-state index is 0.230. The highest BCUT2D eigenvalue weighted by molar-refractivity contribution is 5.88. The molecule has 0 atom stereocenters. The minimum atomic E-state index is 0.230. The molecule has 25 heavy (non-hydrogen) atoms. The molecular formula is C21H27FN2O. The molecule has 1 aliphatic rings. The number of aryl methyl sites for hydroxylation is 1. The summed E-state index contributed by atoms with van der Waals surface area (Å²) < 4.78 is 11.8. The molecule has 1 fully saturated rings. The number of aromatic nitrogens is 1. The maximum atomic E-state index is 11.8. The highest BCUT2D eigenvalue weighted by atomic mass is 19.3. The molecule has 1 aliphatic heterocycles. The van der Waals surface area contributed by atoms with Crippen molar-refractivity contribution in [2.24, 2.45) is 5.92 Å². The van der Waals surface area contributed by atoms with Gasteiger partial charge < -0.3 is 4.98 Å². The van der Waals surface area contributed by atoms with E-state index in [4.69, 9.17) is 0 Å². The fourth-order valence-corrected chi connectivity index (χ4v) is 3.97. The highest BCUT2D eigenvalue weighted by Crippen LogP contribution is 2.29. The van der Waals surface area contributed by atoms with Crippen molar-refractivity contribution in [1.29, 1.82) is 0 Å². The zero-order valence-electron chi connectivity index (χ0n) is 15.2. The molecule has 2 aromatic rings. The van der Waals surface area contributed by atoms with Crippen LogP contribution in [0.25, 0.3) is 10.9 Å². The second kappa shape index (κ2) is 8.51. The van der Waals surface area contributed by atoms with Gasteiger partial charge in [0.25, 0.3) is 0 Å². The van der Waals surface area contributed by atoms with Crippen molar-refractivity contribution in [2.75, 3.05) is 19.7 Å². The van der Waals surface area contributed by atoms with Crippen LogP contribution in [-0.2, 0) is 11.5 Å². The molecule has 2 heterocycles. The van der Waals surface area contributed by atoms with E-state index in [0.29, 0.717) is 5.92 Å². The van der Waals surface area contributed by atoms with Gasteiger partial charge in [0.05, 0.1) is 6.61 Å². The van der Waals surface area contributed by atoms with Crippen LogP contribution < -0.4 is 0 Å². The van der Waals surface area contributed by atoms with Crippen molar-refractivity contribution in [3.8, 4) is 11.8 Å². The van der Waals surface area contributed by atoms with Crippen molar-refractivity contribution in [3.05, 3.63) is 35.0 Å². The zero-order chi connectivity index (χ0) is 17.6. The number of hydrogen-bond donors (Lipinski definition) is 1. The molecule has 1 aromatic heterocycles. The Bertz CT molecular complexity index is 763. The Balaban J connectivity index is 1.71. The summed E-state index contributed by atoms with van der Waals surface area (Å²) in [5.74, 6) is 7.05. The van der Waals surface area contributed by atoms with E-state index in [1.165, 1.54) is 34.9 Å². The van der Waals surface area contributed by atoms with Crippen molar-refractivity contribution in [3.63, 3.8) is 0 Å². The summed E-state index contributed by atoms with van der Waals surface area (Å²) in [6, 6.07) is 4.37. The summed E-state index contributed by atoms with van der Waals surface area (Å²) in [5, 5.41) is 1.29. The van der Waals surface area contributed by atoms with Gasteiger partial charge in [-0.3, -0.25) is 4.90 Å². The van der Waals surface area contributed by atoms with E-state index in [-0.39, 0.29) is 6.61 Å². The van der Waals surface area contributed by atoms with Crippen molar-refractivity contribution >= 4 is 10.9 Å². The first kappa shape index (κ1) is 18.0. The topological polar surface area (TPSA) is 28.3 Å². The fourth-order valence-electron chi connectivity index (χ4n) is 3.97. The minimum Gasteiger partial charge on any atom is -0.361 e. The first-order valence-electron chi connectivity index (χ1n) is 9.21. The number of fused-ring (bicyclic) bond motifs is 1. The quantitative estimate of drug-likeness (QED) is 0.606. The second-order valence-electron chi connectivity index (χ2n) is 7.04. The first-order chi connectivity index (χ1) is 12.2. The van der Waals surface area contributed by atoms with Crippen molar-refractivity contribution in [1.82, 2.24) is 9.88 Å². The summed E-state index contributed by atoms with van der Waals surface area (Å²) in [7, 11) is 0. The molecule has 134 valence electrons. The maximum Gasteiger partial charge on any atom is 0.0876 e. The Labute approximate surface area is 149 Å². The lowest BCUT2D eigenvalue weighted by atomic mass is 9.91. The maximum absolute atomic E-state index is 11.8. The number of H-pyrrole nitrogens is 1. The Kier molecular flexibility index (Phi) is 6.12. The third kappa shape index (κ3) is 4.23. The number of piperidine rings is 1. The smallest absolute Gasteiger partial charge is 0.0876 e. The average molecular weight is 342 g/mol. The van der Waals surface area contributed by atoms with Gasteiger partial charge in [-0.2, -0.15) is 4.94 Å². The van der Waals surface area contributed by atoms with E-state index >= 15 is 0 Å². The van der Waals surface area contributed by atoms with Gasteiger partial charge in [-0.1, -0.05) is 5.92 Å². The molecule has 0 unspecified atom stereocenters. The van der Waals surface area contributed by atoms with Crippen LogP contribution in [0.5, 0.6) is 0 Å². The number of benzene rings is 1. The summed E-state index contributed by atoms with van der Waals surface area (Å²) in [6.07, 6.45) is 6.27. The second-order valence-corrected chi connectivity index (χ2v) is 7.04. The normalized spacial score (nSPS) is 16.1. The van der Waals surface area contributed by atoms with Gasteiger partial charge in [-0.15, -0.1) is 5.92 Å². The lowest BCUT2D eigenvalue weighted by Gasteiger charge is -2.32. The van der Waals surface area contributed by atoms with Crippen LogP contribution in [0.3, 0.4) is 0 Å². The van der Waals surface area contributed by atoms with E-state index in [1.54, 1.807) is 0 Å². The van der Waals surface area contributed by atoms with Gasteiger partial charge in [0.2, 0.25) is 0 Å². The Morgan fingerprint density at radius 1 is 1.36 bits per heavy atom. The highest BCUT2D eigenvalue weighted by Gasteiger charge is 2.21. The average Bonchev–Trinajstić information content (AvgIpc) is 3.10. The number of nitrogens with one attached hydrogen (secondary N) is 1. The molecule has 0 amide bonds. The van der Waals surface area contributed by atoms with E-state index < -0.39 is 0 Å². The van der Waals surface area contributed by atoms with E-state index in [1.807, 2.05) is 13.1 Å². The summed E-state index contributed by atoms with van der Waals surface area (Å²) >= 11 is 0. The zero-order valence-corrected chi connectivity index (χ0v) is 15.2. The van der Waals surface area contributed by atoms with E-state index in [2.05, 4.69) is 45.7 Å². The molecule has 3 nitrogen and oxygen atoms in total. The van der Waals surface area contributed by atoms with Crippen LogP contribution in [0, 0.1) is 24.7 Å². The predicted molar refractivity (Wildman–Crippen MR) is 99.9 cm³/mol. The molecule has 0 spiro atoms. The van der Waals surface area contributed by atoms with Crippen LogP contribution in [0.4, 0.5) is 4.53 Å². The number of rotatable bonds is 6. The summed E-state index contributed by atoms with van der Waals surface area (Å²) in [4.78, 5) is 9.58. The van der Waals surface area contributed by atoms with Gasteiger partial charge in [0.15, 0.2) is 0 Å². The molecule has 1 N–H and O–H groups in total. The first-order valence-corrected chi connectivity index (χ1v) is 9.21. The molecule has 0 saturated carbocycles. The van der Waals surface area contributed by atoms with Crippen molar-refractivity contribution in [2.45, 2.75) is 46.1 Å². The predicted octanol–water partition coefficient (Wildman–Crippen LogP) is 4.74. The lowest BCUT2D eigenvalue weighted by Crippen LogP contribution is -2.33. The van der Waals surface area contributed by atoms with Gasteiger partial charge >= 0.3 is 0 Å².